The van der Waals surface area contributed by atoms with Crippen LogP contribution >= 0.6 is 15.9 Å². The predicted molar refractivity (Wildman–Crippen MR) is 72.7 cm³/mol. The van der Waals surface area contributed by atoms with E-state index in [0.717, 1.165) is 10.0 Å². The van der Waals surface area contributed by atoms with Crippen molar-refractivity contribution in [2.75, 3.05) is 27.9 Å². The van der Waals surface area contributed by atoms with Gasteiger partial charge in [0.1, 0.15) is 16.0 Å². The summed E-state index contributed by atoms with van der Waals surface area (Å²) in [4.78, 5) is 0. The van der Waals surface area contributed by atoms with Gasteiger partial charge in [-0.05, 0) is 39.7 Å². The van der Waals surface area contributed by atoms with Crippen LogP contribution in [-0.2, 0) is 4.74 Å². The van der Waals surface area contributed by atoms with Crippen LogP contribution in [0.2, 0.25) is 0 Å². The molecule has 0 saturated heterocycles. The molecule has 0 amide bonds. The first-order valence-corrected chi connectivity index (χ1v) is 5.96. The second kappa shape index (κ2) is 7.04. The van der Waals surface area contributed by atoms with E-state index >= 15 is 0 Å². The van der Waals surface area contributed by atoms with E-state index in [2.05, 4.69) is 22.0 Å². The maximum atomic E-state index is 8.96. The molecule has 0 aliphatic heterocycles. The number of hydrogen-bond donors (Lipinski definition) is 0. The Morgan fingerprint density at radius 3 is 2.22 bits per heavy atom. The topological polar surface area (TPSA) is 51.5 Å². The van der Waals surface area contributed by atoms with E-state index in [1.807, 2.05) is 12.1 Å². The number of halogens is 1. The van der Waals surface area contributed by atoms with Crippen LogP contribution in [0.25, 0.3) is 6.08 Å². The van der Waals surface area contributed by atoms with Gasteiger partial charge in [0, 0.05) is 7.11 Å². The first-order valence-electron chi connectivity index (χ1n) is 5.17. The first kappa shape index (κ1) is 14.6. The van der Waals surface area contributed by atoms with E-state index in [4.69, 9.17) is 19.5 Å². The smallest absolute Gasteiger partial charge is 0.137 e. The Labute approximate surface area is 115 Å². The van der Waals surface area contributed by atoms with E-state index in [1.165, 1.54) is 0 Å². The van der Waals surface area contributed by atoms with E-state index in [9.17, 15) is 0 Å². The Kier molecular flexibility index (Phi) is 5.69. The third-order valence-electron chi connectivity index (χ3n) is 2.25. The summed E-state index contributed by atoms with van der Waals surface area (Å²) in [7, 11) is 4.70. The van der Waals surface area contributed by atoms with Crippen LogP contribution in [0.3, 0.4) is 0 Å². The van der Waals surface area contributed by atoms with Gasteiger partial charge in [0.25, 0.3) is 0 Å². The third kappa shape index (κ3) is 3.49. The highest BCUT2D eigenvalue weighted by Gasteiger charge is 2.09. The number of nitrogens with zero attached hydrogens (tertiary/aromatic N) is 1. The zero-order chi connectivity index (χ0) is 13.5. The number of nitriles is 1. The zero-order valence-corrected chi connectivity index (χ0v) is 12.1. The normalized spacial score (nSPS) is 10.9. The van der Waals surface area contributed by atoms with Gasteiger partial charge in [-0.2, -0.15) is 5.26 Å². The molecule has 1 aromatic rings. The molecule has 1 rings (SSSR count). The minimum atomic E-state index is 0.275. The molecule has 0 bridgehead atoms. The molecule has 0 atom stereocenters. The van der Waals surface area contributed by atoms with Crippen molar-refractivity contribution in [1.29, 1.82) is 5.26 Å². The molecule has 96 valence electrons. The molecular weight excluding hydrogens is 298 g/mol. The fraction of sp³-hybridized carbons (Fsp3) is 0.308. The molecule has 0 aliphatic carbocycles. The third-order valence-corrected chi connectivity index (χ3v) is 3.03. The lowest BCUT2D eigenvalue weighted by Crippen LogP contribution is -1.94. The summed E-state index contributed by atoms with van der Waals surface area (Å²) in [5, 5.41) is 8.96. The van der Waals surface area contributed by atoms with Crippen molar-refractivity contribution >= 4 is 22.0 Å². The molecule has 0 aliphatic rings. The van der Waals surface area contributed by atoms with Crippen LogP contribution in [0.4, 0.5) is 0 Å². The molecule has 18 heavy (non-hydrogen) atoms. The standard InChI is InChI=1S/C13H14BrNO3/c1-16-8-10(7-15)4-9-5-11(17-2)13(14)12(6-9)18-3/h4-6H,8H2,1-3H3/b10-4+. The average Bonchev–Trinajstić information content (AvgIpc) is 2.39. The molecule has 1 aromatic carbocycles. The van der Waals surface area contributed by atoms with Gasteiger partial charge in [-0.15, -0.1) is 0 Å². The Balaban J connectivity index is 3.22. The molecule has 5 heteroatoms. The van der Waals surface area contributed by atoms with E-state index < -0.39 is 0 Å². The lowest BCUT2D eigenvalue weighted by molar-refractivity contribution is 0.229. The lowest BCUT2D eigenvalue weighted by atomic mass is 10.1. The first-order chi connectivity index (χ1) is 8.65. The maximum Gasteiger partial charge on any atom is 0.137 e. The largest absolute Gasteiger partial charge is 0.495 e. The van der Waals surface area contributed by atoms with Crippen molar-refractivity contribution in [3.63, 3.8) is 0 Å². The highest BCUT2D eigenvalue weighted by molar-refractivity contribution is 9.10. The van der Waals surface area contributed by atoms with Crippen molar-refractivity contribution in [3.05, 3.63) is 27.7 Å². The molecule has 4 nitrogen and oxygen atoms in total. The fourth-order valence-corrected chi connectivity index (χ4v) is 1.99. The molecule has 0 N–H and O–H groups in total. The summed E-state index contributed by atoms with van der Waals surface area (Å²) in [6, 6.07) is 5.72. The summed E-state index contributed by atoms with van der Waals surface area (Å²) in [5.41, 5.74) is 1.35. The van der Waals surface area contributed by atoms with Crippen LogP contribution in [0.15, 0.2) is 22.2 Å². The summed E-state index contributed by atoms with van der Waals surface area (Å²) in [5.74, 6) is 1.30. The van der Waals surface area contributed by atoms with Crippen LogP contribution < -0.4 is 9.47 Å². The fourth-order valence-electron chi connectivity index (χ4n) is 1.44. The summed E-state index contributed by atoms with van der Waals surface area (Å²) < 4.78 is 16.2. The van der Waals surface area contributed by atoms with Gasteiger partial charge in [-0.25, -0.2) is 0 Å². The Morgan fingerprint density at radius 1 is 1.28 bits per heavy atom. The van der Waals surface area contributed by atoms with E-state index in [1.54, 1.807) is 27.4 Å². The van der Waals surface area contributed by atoms with Crippen molar-refractivity contribution in [3.8, 4) is 17.6 Å². The Morgan fingerprint density at radius 2 is 1.83 bits per heavy atom. The minimum Gasteiger partial charge on any atom is -0.495 e. The van der Waals surface area contributed by atoms with E-state index in [0.29, 0.717) is 17.1 Å². The number of methoxy groups -OCH3 is 3. The minimum absolute atomic E-state index is 0.275. The van der Waals surface area contributed by atoms with Gasteiger partial charge in [0.05, 0.1) is 32.5 Å². The summed E-state index contributed by atoms with van der Waals surface area (Å²) in [6.45, 7) is 0.275. The molecular formula is C13H14BrNO3. The van der Waals surface area contributed by atoms with Gasteiger partial charge in [-0.1, -0.05) is 0 Å². The monoisotopic (exact) mass is 311 g/mol. The molecule has 0 saturated carbocycles. The highest BCUT2D eigenvalue weighted by Crippen LogP contribution is 2.36. The molecule has 0 unspecified atom stereocenters. The number of hydrogen-bond acceptors (Lipinski definition) is 4. The maximum absolute atomic E-state index is 8.96. The van der Waals surface area contributed by atoms with Gasteiger partial charge < -0.3 is 14.2 Å². The van der Waals surface area contributed by atoms with Gasteiger partial charge >= 0.3 is 0 Å². The van der Waals surface area contributed by atoms with Gasteiger partial charge in [-0.3, -0.25) is 0 Å². The van der Waals surface area contributed by atoms with Crippen LogP contribution in [0.1, 0.15) is 5.56 Å². The number of benzene rings is 1. The Bertz CT molecular complexity index is 466. The molecule has 0 fully saturated rings. The van der Waals surface area contributed by atoms with Gasteiger partial charge in [0.15, 0.2) is 0 Å². The number of rotatable bonds is 5. The van der Waals surface area contributed by atoms with Gasteiger partial charge in [0.2, 0.25) is 0 Å². The SMILES string of the molecule is COC/C(C#N)=C/c1cc(OC)c(Br)c(OC)c1. The molecule has 0 aromatic heterocycles. The van der Waals surface area contributed by atoms with Crippen LogP contribution in [-0.4, -0.2) is 27.9 Å². The molecule has 0 radical (unpaired) electrons. The molecule has 0 spiro atoms. The lowest BCUT2D eigenvalue weighted by Gasteiger charge is -2.10. The quantitative estimate of drug-likeness (QED) is 0.784. The van der Waals surface area contributed by atoms with Crippen LogP contribution in [0.5, 0.6) is 11.5 Å². The molecule has 0 heterocycles. The number of ether oxygens (including phenoxy) is 3. The van der Waals surface area contributed by atoms with Crippen molar-refractivity contribution < 1.29 is 14.2 Å². The average molecular weight is 312 g/mol. The van der Waals surface area contributed by atoms with E-state index in [-0.39, 0.29) is 6.61 Å². The zero-order valence-electron chi connectivity index (χ0n) is 10.5. The van der Waals surface area contributed by atoms with Crippen LogP contribution in [0, 0.1) is 11.3 Å². The second-order valence-corrected chi connectivity index (χ2v) is 4.25. The van der Waals surface area contributed by atoms with Crippen molar-refractivity contribution in [2.45, 2.75) is 0 Å². The summed E-state index contributed by atoms with van der Waals surface area (Å²) in [6.07, 6.45) is 1.74. The highest BCUT2D eigenvalue weighted by atomic mass is 79.9. The predicted octanol–water partition coefficient (Wildman–Crippen LogP) is 3.02. The summed E-state index contributed by atoms with van der Waals surface area (Å²) >= 11 is 3.39. The van der Waals surface area contributed by atoms with Crippen molar-refractivity contribution in [2.24, 2.45) is 0 Å². The second-order valence-electron chi connectivity index (χ2n) is 3.45. The Hall–Kier alpha value is -1.51. The van der Waals surface area contributed by atoms with Crippen molar-refractivity contribution in [1.82, 2.24) is 0 Å².